The Morgan fingerprint density at radius 2 is 1.56 bits per heavy atom. The lowest BCUT2D eigenvalue weighted by Gasteiger charge is -2.13. The maximum Gasteiger partial charge on any atom is 0.275 e. The average molecular weight is 453 g/mol. The number of benzene rings is 3. The Bertz CT molecular complexity index is 1450. The molecule has 4 aromatic rings. The molecule has 2 N–H and O–H groups in total. The minimum Gasteiger partial charge on any atom is -0.267 e. The van der Waals surface area contributed by atoms with Crippen LogP contribution in [0.5, 0.6) is 0 Å². The number of hydrogen-bond acceptors (Lipinski definition) is 4. The second-order valence-corrected chi connectivity index (χ2v) is 8.61. The van der Waals surface area contributed by atoms with Crippen molar-refractivity contribution in [2.75, 3.05) is 0 Å². The smallest absolute Gasteiger partial charge is 0.267 e. The van der Waals surface area contributed by atoms with Crippen molar-refractivity contribution >= 4 is 10.0 Å². The van der Waals surface area contributed by atoms with Crippen molar-refractivity contribution in [2.24, 2.45) is 5.14 Å². The molecule has 9 heteroatoms. The zero-order valence-corrected chi connectivity index (χ0v) is 17.4. The van der Waals surface area contributed by atoms with E-state index in [1.165, 1.54) is 41.2 Å². The Kier molecular flexibility index (Phi) is 5.68. The van der Waals surface area contributed by atoms with E-state index in [9.17, 15) is 22.0 Å². The first-order chi connectivity index (χ1) is 15.2. The molecular formula is C23H17F2N3O3S. The molecule has 0 bridgehead atoms. The quantitative estimate of drug-likeness (QED) is 0.500. The van der Waals surface area contributed by atoms with Crippen molar-refractivity contribution in [2.45, 2.75) is 11.4 Å². The zero-order valence-electron chi connectivity index (χ0n) is 16.6. The topological polar surface area (TPSA) is 95.1 Å². The predicted molar refractivity (Wildman–Crippen MR) is 116 cm³/mol. The van der Waals surface area contributed by atoms with Gasteiger partial charge in [-0.2, -0.15) is 5.10 Å². The number of hydrogen-bond donors (Lipinski definition) is 1. The summed E-state index contributed by atoms with van der Waals surface area (Å²) in [5.41, 5.74) is 1.47. The molecule has 6 nitrogen and oxygen atoms in total. The van der Waals surface area contributed by atoms with E-state index >= 15 is 0 Å². The number of sulfonamides is 1. The summed E-state index contributed by atoms with van der Waals surface area (Å²) in [6.07, 6.45) is 1.40. The van der Waals surface area contributed by atoms with Crippen LogP contribution in [0.15, 0.2) is 88.7 Å². The minimum atomic E-state index is -4.25. The first-order valence-electron chi connectivity index (χ1n) is 9.47. The normalized spacial score (nSPS) is 11.5. The van der Waals surface area contributed by atoms with Crippen LogP contribution in [0, 0.1) is 11.6 Å². The van der Waals surface area contributed by atoms with Gasteiger partial charge in [-0.05, 0) is 41.0 Å². The molecule has 0 saturated carbocycles. The van der Waals surface area contributed by atoms with E-state index in [0.29, 0.717) is 5.56 Å². The maximum atomic E-state index is 14.5. The van der Waals surface area contributed by atoms with E-state index in [1.54, 1.807) is 0 Å². The third-order valence-corrected chi connectivity index (χ3v) is 5.85. The van der Waals surface area contributed by atoms with Gasteiger partial charge in [0.15, 0.2) is 0 Å². The van der Waals surface area contributed by atoms with Gasteiger partial charge in [0.25, 0.3) is 5.56 Å². The number of nitrogens with zero attached hydrogens (tertiary/aromatic N) is 2. The summed E-state index contributed by atoms with van der Waals surface area (Å²) in [4.78, 5) is 12.7. The molecule has 0 saturated heterocycles. The summed E-state index contributed by atoms with van der Waals surface area (Å²) < 4.78 is 52.3. The lowest BCUT2D eigenvalue weighted by atomic mass is 9.97. The Morgan fingerprint density at radius 3 is 2.19 bits per heavy atom. The van der Waals surface area contributed by atoms with Crippen LogP contribution in [0.1, 0.15) is 5.56 Å². The summed E-state index contributed by atoms with van der Waals surface area (Å²) in [5, 5.41) is 9.25. The number of nitrogens with two attached hydrogens (primary N) is 1. The number of halogens is 2. The van der Waals surface area contributed by atoms with E-state index in [2.05, 4.69) is 5.10 Å². The van der Waals surface area contributed by atoms with Gasteiger partial charge in [-0.3, -0.25) is 4.79 Å². The van der Waals surface area contributed by atoms with E-state index < -0.39 is 32.1 Å². The summed E-state index contributed by atoms with van der Waals surface area (Å²) in [6.45, 7) is 0.201. The highest BCUT2D eigenvalue weighted by molar-refractivity contribution is 7.89. The minimum absolute atomic E-state index is 0.179. The molecule has 32 heavy (non-hydrogen) atoms. The van der Waals surface area contributed by atoms with Crippen LogP contribution in [0.2, 0.25) is 0 Å². The Balaban J connectivity index is 1.91. The van der Waals surface area contributed by atoms with E-state index in [-0.39, 0.29) is 23.2 Å². The van der Waals surface area contributed by atoms with Crippen LogP contribution < -0.4 is 10.7 Å². The van der Waals surface area contributed by atoms with Gasteiger partial charge < -0.3 is 0 Å². The Hall–Kier alpha value is -3.69. The highest BCUT2D eigenvalue weighted by Crippen LogP contribution is 2.30. The van der Waals surface area contributed by atoms with Gasteiger partial charge >= 0.3 is 0 Å². The van der Waals surface area contributed by atoms with Gasteiger partial charge in [-0.1, -0.05) is 48.5 Å². The third kappa shape index (κ3) is 4.34. The Morgan fingerprint density at radius 1 is 0.906 bits per heavy atom. The Labute approximate surface area is 182 Å². The molecular weight excluding hydrogens is 436 g/mol. The van der Waals surface area contributed by atoms with Crippen molar-refractivity contribution in [3.8, 4) is 22.3 Å². The zero-order chi connectivity index (χ0) is 22.9. The molecule has 0 aliphatic heterocycles. The fourth-order valence-corrected chi connectivity index (χ4v) is 3.96. The predicted octanol–water partition coefficient (Wildman–Crippen LogP) is 3.55. The van der Waals surface area contributed by atoms with Crippen molar-refractivity contribution in [3.63, 3.8) is 0 Å². The lowest BCUT2D eigenvalue weighted by Crippen LogP contribution is -2.25. The highest BCUT2D eigenvalue weighted by atomic mass is 32.2. The molecule has 0 spiro atoms. The molecule has 0 aliphatic carbocycles. The fraction of sp³-hybridized carbons (Fsp3) is 0.0435. The first kappa shape index (κ1) is 21.5. The van der Waals surface area contributed by atoms with Crippen LogP contribution in [-0.2, 0) is 16.6 Å². The van der Waals surface area contributed by atoms with Crippen LogP contribution in [-0.4, -0.2) is 18.2 Å². The van der Waals surface area contributed by atoms with Crippen molar-refractivity contribution in [1.29, 1.82) is 0 Å². The summed E-state index contributed by atoms with van der Waals surface area (Å²) in [7, 11) is -4.25. The molecule has 0 amide bonds. The molecule has 0 radical (unpaired) electrons. The third-order valence-electron chi connectivity index (χ3n) is 4.90. The first-order valence-corrected chi connectivity index (χ1v) is 11.0. The highest BCUT2D eigenvalue weighted by Gasteiger charge is 2.19. The van der Waals surface area contributed by atoms with Crippen LogP contribution in [0.25, 0.3) is 22.3 Å². The van der Waals surface area contributed by atoms with Gasteiger partial charge in [0.05, 0.1) is 18.3 Å². The molecule has 0 aliphatic rings. The van der Waals surface area contributed by atoms with Crippen molar-refractivity contribution < 1.29 is 17.2 Å². The van der Waals surface area contributed by atoms with Crippen molar-refractivity contribution in [3.05, 3.63) is 107 Å². The monoisotopic (exact) mass is 453 g/mol. The van der Waals surface area contributed by atoms with Gasteiger partial charge in [0.2, 0.25) is 10.0 Å². The fourth-order valence-electron chi connectivity index (χ4n) is 3.37. The maximum absolute atomic E-state index is 14.5. The number of rotatable bonds is 5. The van der Waals surface area contributed by atoms with E-state index in [0.717, 1.165) is 17.7 Å². The summed E-state index contributed by atoms with van der Waals surface area (Å²) in [5.74, 6) is -1.53. The van der Waals surface area contributed by atoms with Gasteiger partial charge in [-0.15, -0.1) is 0 Å². The average Bonchev–Trinajstić information content (AvgIpc) is 2.75. The summed E-state index contributed by atoms with van der Waals surface area (Å²) >= 11 is 0. The lowest BCUT2D eigenvalue weighted by molar-refractivity contribution is 0.568. The van der Waals surface area contributed by atoms with E-state index in [4.69, 9.17) is 5.14 Å². The molecule has 0 unspecified atom stereocenters. The standard InChI is InChI=1S/C23H17F2N3O3S/c24-18-9-6-16(7-10-18)22-19(17-8-11-21(20(25)12-17)32(26,30)31)13-27-28(23(22)29)14-15-4-2-1-3-5-15/h1-13H,14H2,(H2,26,30,31). The number of aromatic nitrogens is 2. The molecule has 162 valence electrons. The van der Waals surface area contributed by atoms with Crippen LogP contribution >= 0.6 is 0 Å². The molecule has 1 heterocycles. The molecule has 3 aromatic carbocycles. The molecule has 4 rings (SSSR count). The van der Waals surface area contributed by atoms with Gasteiger partial charge in [-0.25, -0.2) is 27.0 Å². The van der Waals surface area contributed by atoms with Crippen LogP contribution in [0.4, 0.5) is 8.78 Å². The van der Waals surface area contributed by atoms with Gasteiger partial charge in [0, 0.05) is 5.56 Å². The molecule has 0 atom stereocenters. The van der Waals surface area contributed by atoms with Crippen LogP contribution in [0.3, 0.4) is 0 Å². The van der Waals surface area contributed by atoms with E-state index in [1.807, 2.05) is 30.3 Å². The van der Waals surface area contributed by atoms with Gasteiger partial charge in [0.1, 0.15) is 16.5 Å². The second kappa shape index (κ2) is 8.45. The molecule has 1 aromatic heterocycles. The summed E-state index contributed by atoms with van der Waals surface area (Å²) in [6, 6.07) is 17.9. The van der Waals surface area contributed by atoms with Crippen molar-refractivity contribution in [1.82, 2.24) is 9.78 Å². The largest absolute Gasteiger partial charge is 0.275 e. The second-order valence-electron chi connectivity index (χ2n) is 7.08. The SMILES string of the molecule is NS(=O)(=O)c1ccc(-c2cnn(Cc3ccccc3)c(=O)c2-c2ccc(F)cc2)cc1F. The number of primary sulfonamides is 1. The molecule has 0 fully saturated rings.